The molecule has 118 valence electrons. The van der Waals surface area contributed by atoms with Gasteiger partial charge in [0, 0.05) is 10.2 Å². The van der Waals surface area contributed by atoms with E-state index in [1.54, 1.807) is 24.3 Å². The molecule has 1 heterocycles. The van der Waals surface area contributed by atoms with Crippen molar-refractivity contribution in [1.82, 2.24) is 14.9 Å². The molecule has 1 aromatic carbocycles. The van der Waals surface area contributed by atoms with Gasteiger partial charge in [0.2, 0.25) is 11.1 Å². The van der Waals surface area contributed by atoms with Gasteiger partial charge in [-0.05, 0) is 24.3 Å². The average molecular weight is 396 g/mol. The lowest BCUT2D eigenvalue weighted by molar-refractivity contribution is -0.146. The minimum atomic E-state index is -4.69. The predicted octanol–water partition coefficient (Wildman–Crippen LogP) is 2.50. The normalized spacial score (nSPS) is 11.5. The van der Waals surface area contributed by atoms with Crippen molar-refractivity contribution in [3.63, 3.8) is 0 Å². The Morgan fingerprint density at radius 1 is 1.32 bits per heavy atom. The highest BCUT2D eigenvalue weighted by Crippen LogP contribution is 2.28. The number of carbonyl (C=O) groups is 1. The van der Waals surface area contributed by atoms with Crippen LogP contribution in [0.2, 0.25) is 0 Å². The quantitative estimate of drug-likeness (QED) is 0.613. The topological polar surface area (TPSA) is 85.8 Å². The molecule has 0 radical (unpaired) electrons. The van der Waals surface area contributed by atoms with E-state index in [1.165, 1.54) is 0 Å². The van der Waals surface area contributed by atoms with Gasteiger partial charge in [-0.1, -0.05) is 27.7 Å². The summed E-state index contributed by atoms with van der Waals surface area (Å²) in [6, 6.07) is 6.85. The minimum Gasteiger partial charge on any atom is -0.335 e. The number of hydrogen-bond donors (Lipinski definition) is 2. The third kappa shape index (κ3) is 4.13. The van der Waals surface area contributed by atoms with Crippen molar-refractivity contribution in [3.8, 4) is 0 Å². The number of amides is 1. The first kappa shape index (κ1) is 16.6. The molecule has 0 bridgehead atoms. The number of alkyl halides is 3. The highest BCUT2D eigenvalue weighted by atomic mass is 79.9. The molecule has 11 heteroatoms. The second kappa shape index (κ2) is 6.57. The van der Waals surface area contributed by atoms with E-state index in [0.717, 1.165) is 16.2 Å². The van der Waals surface area contributed by atoms with Crippen LogP contribution in [0.1, 0.15) is 5.82 Å². The summed E-state index contributed by atoms with van der Waals surface area (Å²) >= 11 is 4.02. The van der Waals surface area contributed by atoms with Crippen molar-refractivity contribution in [2.45, 2.75) is 11.3 Å². The van der Waals surface area contributed by atoms with Crippen LogP contribution in [-0.4, -0.2) is 26.5 Å². The molecule has 0 saturated carbocycles. The number of nitrogen functional groups attached to an aromatic ring is 1. The number of halogens is 4. The van der Waals surface area contributed by atoms with E-state index in [4.69, 9.17) is 5.84 Å². The lowest BCUT2D eigenvalue weighted by Crippen LogP contribution is -2.22. The molecule has 0 aliphatic rings. The smallest absolute Gasteiger partial charge is 0.335 e. The fraction of sp³-hybridized carbons (Fsp3) is 0.182. The third-order valence-corrected chi connectivity index (χ3v) is 3.85. The largest absolute Gasteiger partial charge is 0.453 e. The molecular formula is C11H9BrF3N5OS. The summed E-state index contributed by atoms with van der Waals surface area (Å²) < 4.78 is 38.6. The number of nitrogens with two attached hydrogens (primary N) is 1. The molecule has 3 N–H and O–H groups in total. The number of benzene rings is 1. The fourth-order valence-electron chi connectivity index (χ4n) is 1.43. The first-order chi connectivity index (χ1) is 10.3. The maximum absolute atomic E-state index is 12.5. The van der Waals surface area contributed by atoms with Gasteiger partial charge >= 0.3 is 6.18 Å². The van der Waals surface area contributed by atoms with E-state index in [0.29, 0.717) is 10.4 Å². The molecule has 22 heavy (non-hydrogen) atoms. The Labute approximate surface area is 135 Å². The molecule has 0 aliphatic heterocycles. The van der Waals surface area contributed by atoms with Crippen molar-refractivity contribution in [3.05, 3.63) is 34.6 Å². The standard InChI is InChI=1S/C11H9BrF3N5OS/c12-6-1-3-7(4-2-6)17-8(21)5-22-10-19-18-9(20(10)16)11(13,14)15/h1-4H,5,16H2,(H,17,21). The van der Waals surface area contributed by atoms with Crippen LogP contribution < -0.4 is 11.2 Å². The highest BCUT2D eigenvalue weighted by Gasteiger charge is 2.38. The van der Waals surface area contributed by atoms with Crippen LogP contribution in [0.5, 0.6) is 0 Å². The van der Waals surface area contributed by atoms with Gasteiger partial charge < -0.3 is 11.2 Å². The lowest BCUT2D eigenvalue weighted by Gasteiger charge is -2.06. The lowest BCUT2D eigenvalue weighted by atomic mass is 10.3. The van der Waals surface area contributed by atoms with Gasteiger partial charge in [0.1, 0.15) is 0 Å². The maximum atomic E-state index is 12.5. The molecule has 2 aromatic rings. The van der Waals surface area contributed by atoms with Crippen molar-refractivity contribution >= 4 is 39.3 Å². The number of anilines is 1. The number of rotatable bonds is 4. The predicted molar refractivity (Wildman–Crippen MR) is 78.7 cm³/mol. The summed E-state index contributed by atoms with van der Waals surface area (Å²) in [6.45, 7) is 0. The van der Waals surface area contributed by atoms with E-state index in [-0.39, 0.29) is 10.9 Å². The Hall–Kier alpha value is -1.75. The third-order valence-electron chi connectivity index (χ3n) is 2.38. The summed E-state index contributed by atoms with van der Waals surface area (Å²) in [4.78, 5) is 11.7. The van der Waals surface area contributed by atoms with Crippen LogP contribution in [0.4, 0.5) is 18.9 Å². The molecule has 0 aliphatic carbocycles. The molecule has 0 saturated heterocycles. The SMILES string of the molecule is Nn1c(SCC(=O)Nc2ccc(Br)cc2)nnc1C(F)(F)F. The number of nitrogens with one attached hydrogen (secondary N) is 1. The number of aromatic nitrogens is 3. The van der Waals surface area contributed by atoms with Gasteiger partial charge in [0.25, 0.3) is 5.82 Å². The number of hydrogen-bond acceptors (Lipinski definition) is 5. The maximum Gasteiger partial charge on any atom is 0.453 e. The monoisotopic (exact) mass is 395 g/mol. The Morgan fingerprint density at radius 3 is 2.50 bits per heavy atom. The van der Waals surface area contributed by atoms with Crippen LogP contribution in [-0.2, 0) is 11.0 Å². The molecular weight excluding hydrogens is 387 g/mol. The molecule has 2 rings (SSSR count). The second-order valence-electron chi connectivity index (χ2n) is 4.02. The van der Waals surface area contributed by atoms with Crippen LogP contribution in [0.25, 0.3) is 0 Å². The Balaban J connectivity index is 1.94. The Bertz CT molecular complexity index is 673. The highest BCUT2D eigenvalue weighted by molar-refractivity contribution is 9.10. The molecule has 0 atom stereocenters. The summed E-state index contributed by atoms with van der Waals surface area (Å²) in [6.07, 6.45) is -4.69. The summed E-state index contributed by atoms with van der Waals surface area (Å²) in [5.41, 5.74) is 0.569. The van der Waals surface area contributed by atoms with Gasteiger partial charge in [-0.15, -0.1) is 10.2 Å². The molecule has 1 amide bonds. The molecule has 0 fully saturated rings. The molecule has 0 unspecified atom stereocenters. The number of thioether (sulfide) groups is 1. The van der Waals surface area contributed by atoms with Gasteiger partial charge in [-0.2, -0.15) is 13.2 Å². The van der Waals surface area contributed by atoms with Crippen LogP contribution in [0, 0.1) is 0 Å². The zero-order valence-electron chi connectivity index (χ0n) is 10.8. The van der Waals surface area contributed by atoms with Crippen molar-refractivity contribution in [1.29, 1.82) is 0 Å². The summed E-state index contributed by atoms with van der Waals surface area (Å²) in [5, 5.41) is 8.68. The first-order valence-corrected chi connectivity index (χ1v) is 7.51. The van der Waals surface area contributed by atoms with Gasteiger partial charge in [-0.25, -0.2) is 4.68 Å². The van der Waals surface area contributed by atoms with Crippen molar-refractivity contribution in [2.75, 3.05) is 16.9 Å². The summed E-state index contributed by atoms with van der Waals surface area (Å²) in [5.74, 6) is 3.39. The fourth-order valence-corrected chi connectivity index (χ4v) is 2.35. The van der Waals surface area contributed by atoms with Crippen molar-refractivity contribution in [2.24, 2.45) is 0 Å². The molecule has 1 aromatic heterocycles. The zero-order valence-corrected chi connectivity index (χ0v) is 13.2. The van der Waals surface area contributed by atoms with E-state index in [1.807, 2.05) is 0 Å². The van der Waals surface area contributed by atoms with E-state index in [2.05, 4.69) is 31.4 Å². The van der Waals surface area contributed by atoms with Crippen LogP contribution in [0.15, 0.2) is 33.9 Å². The van der Waals surface area contributed by atoms with Gasteiger partial charge in [0.05, 0.1) is 5.75 Å². The van der Waals surface area contributed by atoms with Crippen LogP contribution in [0.3, 0.4) is 0 Å². The number of carbonyl (C=O) groups excluding carboxylic acids is 1. The minimum absolute atomic E-state index is 0.150. The summed E-state index contributed by atoms with van der Waals surface area (Å²) in [7, 11) is 0. The van der Waals surface area contributed by atoms with E-state index < -0.39 is 17.9 Å². The van der Waals surface area contributed by atoms with Gasteiger partial charge in [0.15, 0.2) is 0 Å². The molecule has 0 spiro atoms. The van der Waals surface area contributed by atoms with Gasteiger partial charge in [-0.3, -0.25) is 4.79 Å². The second-order valence-corrected chi connectivity index (χ2v) is 5.88. The van der Waals surface area contributed by atoms with E-state index in [9.17, 15) is 18.0 Å². The van der Waals surface area contributed by atoms with E-state index >= 15 is 0 Å². The molecule has 6 nitrogen and oxygen atoms in total. The average Bonchev–Trinajstić information content (AvgIpc) is 2.80. The zero-order chi connectivity index (χ0) is 16.3. The first-order valence-electron chi connectivity index (χ1n) is 5.73. The Kier molecular flexibility index (Phi) is 4.96. The Morgan fingerprint density at radius 2 is 1.95 bits per heavy atom. The van der Waals surface area contributed by atoms with Crippen LogP contribution >= 0.6 is 27.7 Å². The van der Waals surface area contributed by atoms with Crippen molar-refractivity contribution < 1.29 is 18.0 Å². The number of nitrogens with zero attached hydrogens (tertiary/aromatic N) is 3.